The molecule has 0 spiro atoms. The van der Waals surface area contributed by atoms with Gasteiger partial charge in [-0.25, -0.2) is 9.69 Å². The number of anilines is 1. The first-order valence-electron chi connectivity index (χ1n) is 7.30. The van der Waals surface area contributed by atoms with Crippen LogP contribution in [0.3, 0.4) is 0 Å². The first-order valence-corrected chi connectivity index (χ1v) is 7.30. The molecular formula is C15H16F3N3O4. The number of carbonyl (C=O) groups is 3. The van der Waals surface area contributed by atoms with Gasteiger partial charge < -0.3 is 10.1 Å². The molecule has 2 rings (SSSR count). The van der Waals surface area contributed by atoms with E-state index < -0.39 is 29.6 Å². The fourth-order valence-corrected chi connectivity index (χ4v) is 2.27. The van der Waals surface area contributed by atoms with E-state index in [-0.39, 0.29) is 31.9 Å². The highest BCUT2D eigenvalue weighted by atomic mass is 19.4. The molecule has 0 aromatic heterocycles. The summed E-state index contributed by atoms with van der Waals surface area (Å²) in [5.41, 5.74) is -1.32. The number of rotatable bonds is 5. The van der Waals surface area contributed by atoms with E-state index in [1.54, 1.807) is 0 Å². The van der Waals surface area contributed by atoms with Gasteiger partial charge in [0, 0.05) is 0 Å². The summed E-state index contributed by atoms with van der Waals surface area (Å²) < 4.78 is 43.3. The topological polar surface area (TPSA) is 79.0 Å². The zero-order valence-corrected chi connectivity index (χ0v) is 13.3. The molecular weight excluding hydrogens is 343 g/mol. The van der Waals surface area contributed by atoms with Crippen molar-refractivity contribution < 1.29 is 32.3 Å². The zero-order valence-electron chi connectivity index (χ0n) is 13.3. The summed E-state index contributed by atoms with van der Waals surface area (Å²) in [5.74, 6) is -1.26. The van der Waals surface area contributed by atoms with Crippen LogP contribution < -0.4 is 5.32 Å². The van der Waals surface area contributed by atoms with E-state index in [1.165, 1.54) is 24.1 Å². The molecule has 25 heavy (non-hydrogen) atoms. The third-order valence-electron chi connectivity index (χ3n) is 3.39. The molecule has 1 aliphatic heterocycles. The van der Waals surface area contributed by atoms with E-state index in [0.29, 0.717) is 0 Å². The largest absolute Gasteiger partial charge is 0.447 e. The Balaban J connectivity index is 1.92. The summed E-state index contributed by atoms with van der Waals surface area (Å²) >= 11 is 0. The van der Waals surface area contributed by atoms with Crippen molar-refractivity contribution in [1.82, 2.24) is 9.80 Å². The van der Waals surface area contributed by atoms with E-state index in [1.807, 2.05) is 0 Å². The molecule has 1 aromatic rings. The third kappa shape index (κ3) is 4.92. The van der Waals surface area contributed by atoms with Crippen molar-refractivity contribution in [1.29, 1.82) is 0 Å². The first-order chi connectivity index (χ1) is 11.7. The number of cyclic esters (lactones) is 1. The number of para-hydroxylation sites is 1. The fraction of sp³-hybridized carbons (Fsp3) is 0.400. The quantitative estimate of drug-likeness (QED) is 0.863. The van der Waals surface area contributed by atoms with E-state index in [4.69, 9.17) is 0 Å². The second-order valence-electron chi connectivity index (χ2n) is 5.42. The smallest absolute Gasteiger partial charge is 0.418 e. The van der Waals surface area contributed by atoms with Crippen molar-refractivity contribution >= 4 is 23.6 Å². The molecule has 0 atom stereocenters. The Kier molecular flexibility index (Phi) is 5.62. The lowest BCUT2D eigenvalue weighted by atomic mass is 10.1. The van der Waals surface area contributed by atoms with Crippen LogP contribution in [0.4, 0.5) is 23.7 Å². The van der Waals surface area contributed by atoms with Crippen molar-refractivity contribution in [2.24, 2.45) is 0 Å². The number of halogens is 3. The van der Waals surface area contributed by atoms with Gasteiger partial charge in [-0.15, -0.1) is 0 Å². The van der Waals surface area contributed by atoms with Crippen LogP contribution >= 0.6 is 0 Å². The molecule has 1 aliphatic rings. The van der Waals surface area contributed by atoms with Crippen molar-refractivity contribution in [2.45, 2.75) is 6.18 Å². The lowest BCUT2D eigenvalue weighted by Gasteiger charge is -2.19. The minimum absolute atomic E-state index is 0.114. The number of alkyl halides is 3. The van der Waals surface area contributed by atoms with Crippen LogP contribution in [0, 0.1) is 0 Å². The molecule has 1 heterocycles. The van der Waals surface area contributed by atoms with Gasteiger partial charge in [-0.2, -0.15) is 13.2 Å². The molecule has 3 amide bonds. The molecule has 1 saturated heterocycles. The van der Waals surface area contributed by atoms with Gasteiger partial charge in [0.15, 0.2) is 0 Å². The van der Waals surface area contributed by atoms with Crippen molar-refractivity contribution in [3.05, 3.63) is 29.8 Å². The van der Waals surface area contributed by atoms with Gasteiger partial charge in [0.2, 0.25) is 11.8 Å². The number of nitrogens with one attached hydrogen (secondary N) is 1. The first kappa shape index (κ1) is 18.7. The maximum Gasteiger partial charge on any atom is 0.418 e. The van der Waals surface area contributed by atoms with Gasteiger partial charge in [-0.3, -0.25) is 14.5 Å². The number of hydrogen-bond acceptors (Lipinski definition) is 5. The van der Waals surface area contributed by atoms with Crippen molar-refractivity contribution in [3.8, 4) is 0 Å². The number of carbonyl (C=O) groups excluding carboxylic acids is 3. The highest BCUT2D eigenvalue weighted by Gasteiger charge is 2.33. The van der Waals surface area contributed by atoms with E-state index in [9.17, 15) is 27.6 Å². The zero-order chi connectivity index (χ0) is 18.6. The van der Waals surface area contributed by atoms with Gasteiger partial charge in [-0.05, 0) is 19.2 Å². The summed E-state index contributed by atoms with van der Waals surface area (Å²) in [4.78, 5) is 37.3. The normalized spacial score (nSPS) is 14.6. The lowest BCUT2D eigenvalue weighted by molar-refractivity contribution is -0.137. The average molecular weight is 359 g/mol. The van der Waals surface area contributed by atoms with Crippen LogP contribution in [-0.2, 0) is 20.5 Å². The van der Waals surface area contributed by atoms with Crippen LogP contribution in [0.1, 0.15) is 5.56 Å². The summed E-state index contributed by atoms with van der Waals surface area (Å²) in [7, 11) is 1.44. The molecule has 0 aliphatic carbocycles. The molecule has 7 nitrogen and oxygen atoms in total. The Bertz CT molecular complexity index is 678. The maximum absolute atomic E-state index is 12.9. The Morgan fingerprint density at radius 1 is 1.28 bits per heavy atom. The highest BCUT2D eigenvalue weighted by Crippen LogP contribution is 2.34. The maximum atomic E-state index is 12.9. The average Bonchev–Trinajstić information content (AvgIpc) is 2.92. The molecule has 136 valence electrons. The molecule has 0 unspecified atom stereocenters. The van der Waals surface area contributed by atoms with E-state index in [0.717, 1.165) is 17.0 Å². The van der Waals surface area contributed by atoms with Gasteiger partial charge in [0.05, 0.1) is 30.9 Å². The number of hydrogen-bond donors (Lipinski definition) is 1. The lowest BCUT2D eigenvalue weighted by Crippen LogP contribution is -2.41. The number of imide groups is 1. The summed E-state index contributed by atoms with van der Waals surface area (Å²) in [6.45, 7) is -0.316. The summed E-state index contributed by atoms with van der Waals surface area (Å²) in [6.07, 6.45) is -5.34. The Morgan fingerprint density at radius 2 is 1.96 bits per heavy atom. The van der Waals surface area contributed by atoms with Crippen LogP contribution in [-0.4, -0.2) is 61.0 Å². The molecule has 0 bridgehead atoms. The number of likely N-dealkylation sites (N-methyl/N-ethyl adjacent to an activating group) is 1. The fourth-order valence-electron chi connectivity index (χ4n) is 2.27. The van der Waals surface area contributed by atoms with Crippen LogP contribution in [0.2, 0.25) is 0 Å². The van der Waals surface area contributed by atoms with Gasteiger partial charge in [-0.1, -0.05) is 12.1 Å². The van der Waals surface area contributed by atoms with Crippen LogP contribution in [0.5, 0.6) is 0 Å². The van der Waals surface area contributed by atoms with Gasteiger partial charge in [0.1, 0.15) is 6.61 Å². The molecule has 0 saturated carbocycles. The molecule has 1 aromatic carbocycles. The summed E-state index contributed by atoms with van der Waals surface area (Å²) in [6, 6.07) is 4.60. The van der Waals surface area contributed by atoms with E-state index in [2.05, 4.69) is 10.1 Å². The summed E-state index contributed by atoms with van der Waals surface area (Å²) in [5, 5.41) is 2.18. The van der Waals surface area contributed by atoms with Gasteiger partial charge >= 0.3 is 12.3 Å². The van der Waals surface area contributed by atoms with Crippen molar-refractivity contribution in [2.75, 3.05) is 38.6 Å². The molecule has 0 radical (unpaired) electrons. The van der Waals surface area contributed by atoms with Crippen LogP contribution in [0.25, 0.3) is 0 Å². The number of nitrogens with zero attached hydrogens (tertiary/aromatic N) is 2. The van der Waals surface area contributed by atoms with E-state index >= 15 is 0 Å². The highest BCUT2D eigenvalue weighted by molar-refractivity contribution is 5.95. The van der Waals surface area contributed by atoms with Crippen molar-refractivity contribution in [3.63, 3.8) is 0 Å². The second kappa shape index (κ2) is 7.51. The minimum atomic E-state index is -4.60. The standard InChI is InChI=1S/C15H16F3N3O4/c1-20(9-13(23)21-6-7-25-14(21)24)8-12(22)19-11-5-3-2-4-10(11)15(16,17)18/h2-5H,6-9H2,1H3,(H,19,22). The predicted octanol–water partition coefficient (Wildman–Crippen LogP) is 1.55. The predicted molar refractivity (Wildman–Crippen MR) is 80.6 cm³/mol. The number of amides is 3. The SMILES string of the molecule is CN(CC(=O)Nc1ccccc1C(F)(F)F)CC(=O)N1CCOC1=O. The Hall–Kier alpha value is -2.62. The number of ether oxygens (including phenoxy) is 1. The third-order valence-corrected chi connectivity index (χ3v) is 3.39. The monoisotopic (exact) mass is 359 g/mol. The second-order valence-corrected chi connectivity index (χ2v) is 5.42. The molecule has 1 N–H and O–H groups in total. The molecule has 1 fully saturated rings. The van der Waals surface area contributed by atoms with Crippen LogP contribution in [0.15, 0.2) is 24.3 Å². The van der Waals surface area contributed by atoms with Gasteiger partial charge in [0.25, 0.3) is 0 Å². The number of benzene rings is 1. The Labute approximate surface area is 141 Å². The Morgan fingerprint density at radius 3 is 2.56 bits per heavy atom. The molecule has 10 heteroatoms. The minimum Gasteiger partial charge on any atom is -0.447 e.